The SMILES string of the molecule is COC(=O)COCCOCCOCCOCCC(=O)OC(C)(C)C. The summed E-state index contributed by atoms with van der Waals surface area (Å²) in [5.74, 6) is -0.684. The highest BCUT2D eigenvalue weighted by molar-refractivity contribution is 5.70. The maximum Gasteiger partial charge on any atom is 0.331 e. The van der Waals surface area contributed by atoms with E-state index in [1.165, 1.54) is 7.11 Å². The molecule has 0 unspecified atom stereocenters. The van der Waals surface area contributed by atoms with Crippen LogP contribution in [-0.2, 0) is 38.0 Å². The van der Waals surface area contributed by atoms with Gasteiger partial charge in [-0.25, -0.2) is 4.79 Å². The Hall–Kier alpha value is -1.22. The van der Waals surface area contributed by atoms with Gasteiger partial charge in [-0.2, -0.15) is 0 Å². The molecule has 0 amide bonds. The van der Waals surface area contributed by atoms with Gasteiger partial charge in [0, 0.05) is 0 Å². The third-order valence-corrected chi connectivity index (χ3v) is 2.43. The highest BCUT2D eigenvalue weighted by atomic mass is 16.6. The van der Waals surface area contributed by atoms with Crippen LogP contribution in [0.1, 0.15) is 27.2 Å². The highest BCUT2D eigenvalue weighted by Crippen LogP contribution is 2.07. The monoisotopic (exact) mass is 350 g/mol. The standard InChI is InChI=1S/C16H30O8/c1-16(2,3)24-14(17)5-6-20-7-8-21-9-10-22-11-12-23-13-15(18)19-4/h5-13H2,1-4H3. The summed E-state index contributed by atoms with van der Waals surface area (Å²) >= 11 is 0. The molecule has 0 heterocycles. The van der Waals surface area contributed by atoms with Gasteiger partial charge in [-0.15, -0.1) is 0 Å². The van der Waals surface area contributed by atoms with Gasteiger partial charge in [-0.05, 0) is 20.8 Å². The van der Waals surface area contributed by atoms with Crippen molar-refractivity contribution in [2.45, 2.75) is 32.8 Å². The van der Waals surface area contributed by atoms with E-state index in [2.05, 4.69) is 4.74 Å². The lowest BCUT2D eigenvalue weighted by molar-refractivity contribution is -0.156. The van der Waals surface area contributed by atoms with Crippen LogP contribution in [0.3, 0.4) is 0 Å². The van der Waals surface area contributed by atoms with E-state index in [1.54, 1.807) is 0 Å². The van der Waals surface area contributed by atoms with Crippen LogP contribution in [-0.4, -0.2) is 77.5 Å². The summed E-state index contributed by atoms with van der Waals surface area (Å²) in [6, 6.07) is 0. The van der Waals surface area contributed by atoms with Gasteiger partial charge >= 0.3 is 11.9 Å². The molecule has 0 aliphatic rings. The smallest absolute Gasteiger partial charge is 0.331 e. The Balaban J connectivity index is 3.20. The van der Waals surface area contributed by atoms with Gasteiger partial charge < -0.3 is 28.4 Å². The molecule has 0 bridgehead atoms. The van der Waals surface area contributed by atoms with Crippen LogP contribution < -0.4 is 0 Å². The molecule has 0 aliphatic heterocycles. The van der Waals surface area contributed by atoms with E-state index < -0.39 is 11.6 Å². The van der Waals surface area contributed by atoms with Crippen molar-refractivity contribution in [3.8, 4) is 0 Å². The zero-order chi connectivity index (χ0) is 18.3. The van der Waals surface area contributed by atoms with Crippen LogP contribution in [0, 0.1) is 0 Å². The van der Waals surface area contributed by atoms with E-state index in [9.17, 15) is 9.59 Å². The number of ether oxygens (including phenoxy) is 6. The van der Waals surface area contributed by atoms with Gasteiger partial charge in [-0.1, -0.05) is 0 Å². The molecule has 0 N–H and O–H groups in total. The molecule has 24 heavy (non-hydrogen) atoms. The third-order valence-electron chi connectivity index (χ3n) is 2.43. The Bertz CT molecular complexity index is 337. The van der Waals surface area contributed by atoms with E-state index in [-0.39, 0.29) is 19.0 Å². The number of methoxy groups -OCH3 is 1. The predicted octanol–water partition coefficient (Wildman–Crippen LogP) is 0.958. The lowest BCUT2D eigenvalue weighted by Gasteiger charge is -2.19. The van der Waals surface area contributed by atoms with Gasteiger partial charge in [-0.3, -0.25) is 4.79 Å². The highest BCUT2D eigenvalue weighted by Gasteiger charge is 2.15. The van der Waals surface area contributed by atoms with Crippen molar-refractivity contribution >= 4 is 11.9 Å². The summed E-state index contributed by atoms with van der Waals surface area (Å²) in [6.07, 6.45) is 0.228. The Kier molecular flexibility index (Phi) is 13.4. The van der Waals surface area contributed by atoms with Crippen LogP contribution in [0.2, 0.25) is 0 Å². The van der Waals surface area contributed by atoms with Crippen molar-refractivity contribution in [3.05, 3.63) is 0 Å². The van der Waals surface area contributed by atoms with Crippen molar-refractivity contribution < 1.29 is 38.0 Å². The normalized spacial score (nSPS) is 11.3. The van der Waals surface area contributed by atoms with Gasteiger partial charge in [0.05, 0.1) is 59.8 Å². The summed E-state index contributed by atoms with van der Waals surface area (Å²) in [4.78, 5) is 22.2. The first-order chi connectivity index (χ1) is 11.3. The molecular weight excluding hydrogens is 320 g/mol. The maximum absolute atomic E-state index is 11.4. The first kappa shape index (κ1) is 22.8. The van der Waals surface area contributed by atoms with Gasteiger partial charge in [0.1, 0.15) is 12.2 Å². The summed E-state index contributed by atoms with van der Waals surface area (Å²) in [6.45, 7) is 8.12. The number of carbonyl (C=O) groups excluding carboxylic acids is 2. The molecule has 0 saturated carbocycles. The van der Waals surface area contributed by atoms with Crippen molar-refractivity contribution in [2.24, 2.45) is 0 Å². The molecule has 0 fully saturated rings. The van der Waals surface area contributed by atoms with Crippen molar-refractivity contribution in [2.75, 3.05) is 60.0 Å². The Morgan fingerprint density at radius 3 is 1.62 bits per heavy atom. The summed E-state index contributed by atoms with van der Waals surface area (Å²) in [7, 11) is 1.31. The Labute approximate surface area is 143 Å². The van der Waals surface area contributed by atoms with Gasteiger partial charge in [0.25, 0.3) is 0 Å². The number of hydrogen-bond acceptors (Lipinski definition) is 8. The molecule has 0 atom stereocenters. The fourth-order valence-corrected chi connectivity index (χ4v) is 1.42. The second kappa shape index (κ2) is 14.2. The zero-order valence-corrected chi connectivity index (χ0v) is 15.1. The van der Waals surface area contributed by atoms with E-state index in [0.717, 1.165) is 0 Å². The van der Waals surface area contributed by atoms with Crippen LogP contribution in [0.5, 0.6) is 0 Å². The van der Waals surface area contributed by atoms with Crippen LogP contribution in [0.4, 0.5) is 0 Å². The lowest BCUT2D eigenvalue weighted by atomic mass is 10.2. The average molecular weight is 350 g/mol. The van der Waals surface area contributed by atoms with Crippen LogP contribution >= 0.6 is 0 Å². The molecule has 8 heteroatoms. The van der Waals surface area contributed by atoms with E-state index in [4.69, 9.17) is 23.7 Å². The van der Waals surface area contributed by atoms with E-state index >= 15 is 0 Å². The average Bonchev–Trinajstić information content (AvgIpc) is 2.49. The van der Waals surface area contributed by atoms with E-state index in [1.807, 2.05) is 20.8 Å². The minimum atomic E-state index is -0.468. The van der Waals surface area contributed by atoms with Crippen LogP contribution in [0.25, 0.3) is 0 Å². The van der Waals surface area contributed by atoms with Gasteiger partial charge in [0.2, 0.25) is 0 Å². The first-order valence-corrected chi connectivity index (χ1v) is 7.95. The molecule has 0 saturated heterocycles. The zero-order valence-electron chi connectivity index (χ0n) is 15.1. The number of esters is 2. The van der Waals surface area contributed by atoms with Crippen molar-refractivity contribution in [1.29, 1.82) is 0 Å². The predicted molar refractivity (Wildman–Crippen MR) is 85.8 cm³/mol. The largest absolute Gasteiger partial charge is 0.467 e. The first-order valence-electron chi connectivity index (χ1n) is 7.95. The lowest BCUT2D eigenvalue weighted by Crippen LogP contribution is -2.24. The molecule has 0 aromatic heterocycles. The Morgan fingerprint density at radius 2 is 1.17 bits per heavy atom. The fraction of sp³-hybridized carbons (Fsp3) is 0.875. The minimum Gasteiger partial charge on any atom is -0.467 e. The van der Waals surface area contributed by atoms with Crippen LogP contribution in [0.15, 0.2) is 0 Å². The van der Waals surface area contributed by atoms with Crippen molar-refractivity contribution in [1.82, 2.24) is 0 Å². The summed E-state index contributed by atoms with van der Waals surface area (Å²) in [5.41, 5.74) is -0.468. The van der Waals surface area contributed by atoms with E-state index in [0.29, 0.717) is 46.2 Å². The second-order valence-corrected chi connectivity index (χ2v) is 5.80. The maximum atomic E-state index is 11.4. The number of hydrogen-bond donors (Lipinski definition) is 0. The molecule has 0 rings (SSSR count). The Morgan fingerprint density at radius 1 is 0.708 bits per heavy atom. The molecule has 0 aromatic carbocycles. The number of carbonyl (C=O) groups is 2. The molecule has 8 nitrogen and oxygen atoms in total. The molecule has 142 valence electrons. The molecular formula is C16H30O8. The van der Waals surface area contributed by atoms with Crippen molar-refractivity contribution in [3.63, 3.8) is 0 Å². The second-order valence-electron chi connectivity index (χ2n) is 5.80. The molecule has 0 radical (unpaired) electrons. The third kappa shape index (κ3) is 17.1. The summed E-state index contributed by atoms with van der Waals surface area (Å²) < 4.78 is 30.4. The minimum absolute atomic E-state index is 0.0724. The molecule has 0 aliphatic carbocycles. The number of rotatable bonds is 14. The fourth-order valence-electron chi connectivity index (χ4n) is 1.42. The quantitative estimate of drug-likeness (QED) is 0.338. The van der Waals surface area contributed by atoms with Gasteiger partial charge in [0.15, 0.2) is 0 Å². The molecule has 0 aromatic rings. The molecule has 0 spiro atoms. The summed E-state index contributed by atoms with van der Waals surface area (Å²) in [5, 5.41) is 0. The topological polar surface area (TPSA) is 89.5 Å².